The minimum Gasteiger partial charge on any atom is -0.496 e. The van der Waals surface area contributed by atoms with Crippen LogP contribution in [0.3, 0.4) is 0 Å². The van der Waals surface area contributed by atoms with Crippen LogP contribution >= 0.6 is 0 Å². The van der Waals surface area contributed by atoms with Crippen molar-refractivity contribution in [1.29, 1.82) is 0 Å². The third-order valence-corrected chi connectivity index (χ3v) is 6.59. The van der Waals surface area contributed by atoms with Gasteiger partial charge in [-0.2, -0.15) is 0 Å². The number of ether oxygens (including phenoxy) is 2. The van der Waals surface area contributed by atoms with E-state index in [-0.39, 0.29) is 18.4 Å². The van der Waals surface area contributed by atoms with E-state index < -0.39 is 5.60 Å². The second-order valence-electron chi connectivity index (χ2n) is 8.62. The molecule has 2 amide bonds. The minimum absolute atomic E-state index is 0.00777. The largest absolute Gasteiger partial charge is 0.496 e. The van der Waals surface area contributed by atoms with Gasteiger partial charge in [-0.3, -0.25) is 9.59 Å². The summed E-state index contributed by atoms with van der Waals surface area (Å²) < 4.78 is 11.3. The zero-order chi connectivity index (χ0) is 22.3. The Morgan fingerprint density at radius 2 is 1.94 bits per heavy atom. The molecule has 1 atom stereocenters. The van der Waals surface area contributed by atoms with Gasteiger partial charge in [0.2, 0.25) is 5.91 Å². The maximum atomic E-state index is 13.5. The fraction of sp³-hybridized carbons (Fsp3) is 0.308. The molecule has 2 aliphatic heterocycles. The third kappa shape index (κ3) is 3.50. The Labute approximate surface area is 187 Å². The van der Waals surface area contributed by atoms with Crippen LogP contribution in [0.1, 0.15) is 22.3 Å². The van der Waals surface area contributed by atoms with E-state index in [0.29, 0.717) is 25.2 Å². The Morgan fingerprint density at radius 3 is 2.69 bits per heavy atom. The summed E-state index contributed by atoms with van der Waals surface area (Å²) in [5.74, 6) is 0.731. The third-order valence-electron chi connectivity index (χ3n) is 6.59. The van der Waals surface area contributed by atoms with Crippen LogP contribution < -0.4 is 10.1 Å². The van der Waals surface area contributed by atoms with E-state index in [1.807, 2.05) is 48.2 Å². The molecule has 32 heavy (non-hydrogen) atoms. The number of nitrogens with zero attached hydrogens (tertiary/aromatic N) is 1. The van der Waals surface area contributed by atoms with Crippen molar-refractivity contribution in [1.82, 2.24) is 10.2 Å². The van der Waals surface area contributed by atoms with Crippen molar-refractivity contribution < 1.29 is 19.1 Å². The molecule has 0 aromatic heterocycles. The molecule has 0 saturated carbocycles. The molecule has 0 radical (unpaired) electrons. The molecule has 2 heterocycles. The first-order valence-corrected chi connectivity index (χ1v) is 10.9. The molecule has 1 N–H and O–H groups in total. The second kappa shape index (κ2) is 7.95. The van der Waals surface area contributed by atoms with Crippen molar-refractivity contribution >= 4 is 22.6 Å². The number of nitrogens with one attached hydrogen (secondary N) is 1. The van der Waals surface area contributed by atoms with Crippen LogP contribution in [0.2, 0.25) is 0 Å². The summed E-state index contributed by atoms with van der Waals surface area (Å²) in [7, 11) is 1.68. The normalized spacial score (nSPS) is 20.6. The molecule has 0 bridgehead atoms. The molecule has 164 valence electrons. The second-order valence-corrected chi connectivity index (χ2v) is 8.62. The van der Waals surface area contributed by atoms with Gasteiger partial charge in [0.05, 0.1) is 13.7 Å². The fourth-order valence-corrected chi connectivity index (χ4v) is 4.76. The Kier molecular flexibility index (Phi) is 5.10. The van der Waals surface area contributed by atoms with Gasteiger partial charge in [-0.05, 0) is 52.9 Å². The van der Waals surface area contributed by atoms with Crippen molar-refractivity contribution in [2.24, 2.45) is 0 Å². The van der Waals surface area contributed by atoms with Gasteiger partial charge in [0.15, 0.2) is 0 Å². The molecule has 1 unspecified atom stereocenters. The lowest BCUT2D eigenvalue weighted by Gasteiger charge is -2.33. The van der Waals surface area contributed by atoms with Crippen molar-refractivity contribution in [3.63, 3.8) is 0 Å². The average Bonchev–Trinajstić information content (AvgIpc) is 3.24. The fourth-order valence-electron chi connectivity index (χ4n) is 4.76. The molecule has 1 spiro atoms. The van der Waals surface area contributed by atoms with E-state index in [1.54, 1.807) is 7.11 Å². The number of rotatable bonds is 3. The maximum absolute atomic E-state index is 13.5. The molecule has 2 aliphatic rings. The van der Waals surface area contributed by atoms with Crippen LogP contribution in [0, 0.1) is 6.92 Å². The monoisotopic (exact) mass is 430 g/mol. The zero-order valence-corrected chi connectivity index (χ0v) is 18.3. The highest BCUT2D eigenvalue weighted by atomic mass is 16.5. The van der Waals surface area contributed by atoms with Gasteiger partial charge in [0.25, 0.3) is 5.91 Å². The SMILES string of the molecule is COc1cc(-c2ccc(C(=O)N3CCC4(CNC(=O)CO4)C3)c3ccccc23)ccc1C. The predicted octanol–water partition coefficient (Wildman–Crippen LogP) is 3.55. The number of carbonyl (C=O) groups is 2. The molecule has 0 aliphatic carbocycles. The standard InChI is InChI=1S/C26H26N2O4/c1-17-7-8-18(13-23(17)31-2)19-9-10-22(21-6-4-3-5-20(19)21)25(30)28-12-11-26(16-28)15-27-24(29)14-32-26/h3-10,13H,11-12,14-16H2,1-2H3,(H,27,29). The number of methoxy groups -OCH3 is 1. The first kappa shape index (κ1) is 20.5. The first-order chi connectivity index (χ1) is 15.5. The van der Waals surface area contributed by atoms with Crippen LogP contribution in [0.5, 0.6) is 5.75 Å². The lowest BCUT2D eigenvalue weighted by molar-refractivity contribution is -0.141. The number of fused-ring (bicyclic) bond motifs is 1. The molecule has 2 fully saturated rings. The van der Waals surface area contributed by atoms with Gasteiger partial charge >= 0.3 is 0 Å². The predicted molar refractivity (Wildman–Crippen MR) is 123 cm³/mol. The number of likely N-dealkylation sites (tertiary alicyclic amines) is 1. The van der Waals surface area contributed by atoms with Gasteiger partial charge in [0, 0.05) is 18.7 Å². The summed E-state index contributed by atoms with van der Waals surface area (Å²) in [6.07, 6.45) is 0.720. The van der Waals surface area contributed by atoms with E-state index in [9.17, 15) is 9.59 Å². The summed E-state index contributed by atoms with van der Waals surface area (Å²) in [4.78, 5) is 26.8. The number of aryl methyl sites for hydroxylation is 1. The maximum Gasteiger partial charge on any atom is 0.254 e. The highest BCUT2D eigenvalue weighted by Crippen LogP contribution is 2.35. The van der Waals surface area contributed by atoms with Crippen LogP contribution in [-0.2, 0) is 9.53 Å². The lowest BCUT2D eigenvalue weighted by atomic mass is 9.94. The van der Waals surface area contributed by atoms with E-state index >= 15 is 0 Å². The number of hydrogen-bond acceptors (Lipinski definition) is 4. The Hall–Kier alpha value is -3.38. The molecule has 2 saturated heterocycles. The molecule has 6 heteroatoms. The molecular formula is C26H26N2O4. The molecular weight excluding hydrogens is 404 g/mol. The van der Waals surface area contributed by atoms with Gasteiger partial charge in [-0.25, -0.2) is 0 Å². The van der Waals surface area contributed by atoms with Gasteiger partial charge in [-0.15, -0.1) is 0 Å². The molecule has 5 rings (SSSR count). The van der Waals surface area contributed by atoms with E-state index in [0.717, 1.165) is 39.6 Å². The number of hydrogen-bond donors (Lipinski definition) is 1. The van der Waals surface area contributed by atoms with Crippen molar-refractivity contribution in [3.8, 4) is 16.9 Å². The smallest absolute Gasteiger partial charge is 0.254 e. The van der Waals surface area contributed by atoms with E-state index in [2.05, 4.69) is 23.5 Å². The van der Waals surface area contributed by atoms with E-state index in [4.69, 9.17) is 9.47 Å². The Morgan fingerprint density at radius 1 is 1.12 bits per heavy atom. The van der Waals surface area contributed by atoms with Gasteiger partial charge < -0.3 is 19.7 Å². The van der Waals surface area contributed by atoms with Crippen LogP contribution in [-0.4, -0.2) is 55.7 Å². The van der Waals surface area contributed by atoms with Crippen LogP contribution in [0.15, 0.2) is 54.6 Å². The Bertz CT molecular complexity index is 1210. The summed E-state index contributed by atoms with van der Waals surface area (Å²) >= 11 is 0. The van der Waals surface area contributed by atoms with Crippen LogP contribution in [0.25, 0.3) is 21.9 Å². The molecule has 3 aromatic carbocycles. The Balaban J connectivity index is 1.49. The summed E-state index contributed by atoms with van der Waals surface area (Å²) in [6, 6.07) is 18.1. The average molecular weight is 431 g/mol. The number of amides is 2. The van der Waals surface area contributed by atoms with Crippen LogP contribution in [0.4, 0.5) is 0 Å². The molecule has 6 nitrogen and oxygen atoms in total. The summed E-state index contributed by atoms with van der Waals surface area (Å²) in [5, 5.41) is 4.82. The number of benzene rings is 3. The summed E-state index contributed by atoms with van der Waals surface area (Å²) in [5.41, 5.74) is 3.40. The van der Waals surface area contributed by atoms with Gasteiger partial charge in [-0.1, -0.05) is 42.5 Å². The van der Waals surface area contributed by atoms with Crippen molar-refractivity contribution in [3.05, 3.63) is 65.7 Å². The van der Waals surface area contributed by atoms with Crippen molar-refractivity contribution in [2.45, 2.75) is 18.9 Å². The highest BCUT2D eigenvalue weighted by Gasteiger charge is 2.44. The highest BCUT2D eigenvalue weighted by molar-refractivity contribution is 6.11. The topological polar surface area (TPSA) is 67.9 Å². The minimum atomic E-state index is -0.474. The quantitative estimate of drug-likeness (QED) is 0.690. The summed E-state index contributed by atoms with van der Waals surface area (Å²) in [6.45, 7) is 3.62. The number of morpholine rings is 1. The number of carbonyl (C=O) groups excluding carboxylic acids is 2. The first-order valence-electron chi connectivity index (χ1n) is 10.9. The lowest BCUT2D eigenvalue weighted by Crippen LogP contribution is -2.54. The molecule has 3 aromatic rings. The van der Waals surface area contributed by atoms with Crippen molar-refractivity contribution in [2.75, 3.05) is 33.4 Å². The van der Waals surface area contributed by atoms with Gasteiger partial charge in [0.1, 0.15) is 18.0 Å². The zero-order valence-electron chi connectivity index (χ0n) is 18.3. The van der Waals surface area contributed by atoms with E-state index in [1.165, 1.54) is 0 Å².